The molecule has 1 rings (SSSR count). The zero-order chi connectivity index (χ0) is 10.8. The molecule has 0 radical (unpaired) electrons. The van der Waals surface area contributed by atoms with Crippen LogP contribution in [0.3, 0.4) is 0 Å². The van der Waals surface area contributed by atoms with Gasteiger partial charge in [-0.2, -0.15) is 5.26 Å². The van der Waals surface area contributed by atoms with Crippen LogP contribution in [0.15, 0.2) is 0 Å². The number of ether oxygens (including phenoxy) is 1. The summed E-state index contributed by atoms with van der Waals surface area (Å²) < 4.78 is 27.3. The van der Waals surface area contributed by atoms with Crippen molar-refractivity contribution < 1.29 is 18.3 Å². The Bertz CT molecular complexity index is 274. The lowest BCUT2D eigenvalue weighted by Gasteiger charge is -2.15. The van der Waals surface area contributed by atoms with E-state index in [1.807, 2.05) is 0 Å². The van der Waals surface area contributed by atoms with Crippen molar-refractivity contribution in [2.24, 2.45) is 0 Å². The highest BCUT2D eigenvalue weighted by atomic mass is 31.2. The minimum Gasteiger partial charge on any atom is -0.352 e. The Hall–Kier alpha value is -0.400. The molecule has 14 heavy (non-hydrogen) atoms. The average Bonchev–Trinajstić information content (AvgIpc) is 2.38. The van der Waals surface area contributed by atoms with Gasteiger partial charge in [0.1, 0.15) is 6.07 Å². The molecular weight excluding hydrogens is 205 g/mol. The Labute approximate surface area is 83.5 Å². The highest BCUT2D eigenvalue weighted by Gasteiger charge is 2.47. The van der Waals surface area contributed by atoms with Crippen molar-refractivity contribution in [1.29, 1.82) is 5.26 Å². The van der Waals surface area contributed by atoms with Gasteiger partial charge in [0, 0.05) is 6.61 Å². The van der Waals surface area contributed by atoms with Crippen LogP contribution in [0.25, 0.3) is 0 Å². The molecule has 6 heteroatoms. The highest BCUT2D eigenvalue weighted by molar-refractivity contribution is 7.55. The molecule has 3 unspecified atom stereocenters. The molecule has 0 saturated carbocycles. The predicted octanol–water partition coefficient (Wildman–Crippen LogP) is 1.89. The number of rotatable bonds is 3. The molecule has 1 fully saturated rings. The molecule has 0 aliphatic carbocycles. The van der Waals surface area contributed by atoms with E-state index in [0.717, 1.165) is 0 Å². The third-order valence-electron chi connectivity index (χ3n) is 2.01. The number of nitriles is 1. The minimum atomic E-state index is -3.39. The van der Waals surface area contributed by atoms with Crippen molar-refractivity contribution in [2.45, 2.75) is 38.8 Å². The summed E-state index contributed by atoms with van der Waals surface area (Å²) in [7, 11) is -3.39. The summed E-state index contributed by atoms with van der Waals surface area (Å²) in [5.74, 6) is -1.11. The first-order valence-electron chi connectivity index (χ1n) is 4.51. The molecule has 3 atom stereocenters. The van der Waals surface area contributed by atoms with Crippen LogP contribution in [-0.4, -0.2) is 24.7 Å². The Morgan fingerprint density at radius 1 is 1.50 bits per heavy atom. The second-order valence-electron chi connectivity index (χ2n) is 3.10. The van der Waals surface area contributed by atoms with Gasteiger partial charge in [-0.05, 0) is 20.8 Å². The van der Waals surface area contributed by atoms with Gasteiger partial charge in [-0.15, -0.1) is 0 Å². The summed E-state index contributed by atoms with van der Waals surface area (Å²) in [6.07, 6.45) is -0.533. The highest BCUT2D eigenvalue weighted by Crippen LogP contribution is 2.60. The van der Waals surface area contributed by atoms with Crippen molar-refractivity contribution in [3.63, 3.8) is 0 Å². The van der Waals surface area contributed by atoms with Crippen LogP contribution >= 0.6 is 7.60 Å². The SMILES string of the molecule is CCOC(C#N)P1(=O)OC(C)C(C)O1. The van der Waals surface area contributed by atoms with Crippen LogP contribution in [0.5, 0.6) is 0 Å². The van der Waals surface area contributed by atoms with Crippen LogP contribution in [0.2, 0.25) is 0 Å². The zero-order valence-electron chi connectivity index (χ0n) is 8.47. The minimum absolute atomic E-state index is 0.267. The van der Waals surface area contributed by atoms with Crippen molar-refractivity contribution in [3.05, 3.63) is 0 Å². The van der Waals surface area contributed by atoms with E-state index in [4.69, 9.17) is 19.0 Å². The van der Waals surface area contributed by atoms with E-state index in [9.17, 15) is 4.57 Å². The second kappa shape index (κ2) is 4.41. The molecule has 0 N–H and O–H groups in total. The van der Waals surface area contributed by atoms with Gasteiger partial charge in [0.2, 0.25) is 5.85 Å². The molecule has 80 valence electrons. The Morgan fingerprint density at radius 2 is 2.00 bits per heavy atom. The molecule has 1 aliphatic heterocycles. The number of nitrogens with zero attached hydrogens (tertiary/aromatic N) is 1. The van der Waals surface area contributed by atoms with Crippen LogP contribution in [-0.2, 0) is 18.3 Å². The fourth-order valence-electron chi connectivity index (χ4n) is 1.13. The normalized spacial score (nSPS) is 39.3. The Kier molecular flexibility index (Phi) is 3.68. The summed E-state index contributed by atoms with van der Waals surface area (Å²) in [6, 6.07) is 1.79. The first-order valence-corrected chi connectivity index (χ1v) is 6.12. The first-order chi connectivity index (χ1) is 6.53. The molecule has 1 heterocycles. The molecule has 1 aliphatic rings. The molecule has 0 amide bonds. The largest absolute Gasteiger partial charge is 0.374 e. The van der Waals surface area contributed by atoms with E-state index >= 15 is 0 Å². The summed E-state index contributed by atoms with van der Waals surface area (Å²) in [6.45, 7) is 5.53. The van der Waals surface area contributed by atoms with E-state index in [-0.39, 0.29) is 12.2 Å². The molecule has 0 aromatic heterocycles. The summed E-state index contributed by atoms with van der Waals surface area (Å²) in [5, 5.41) is 8.75. The third-order valence-corrected chi connectivity index (χ3v) is 4.10. The quantitative estimate of drug-likeness (QED) is 0.678. The van der Waals surface area contributed by atoms with Crippen molar-refractivity contribution >= 4 is 7.60 Å². The zero-order valence-corrected chi connectivity index (χ0v) is 9.36. The molecule has 0 spiro atoms. The number of hydrogen-bond donors (Lipinski definition) is 0. The third kappa shape index (κ3) is 2.15. The van der Waals surface area contributed by atoms with E-state index in [1.165, 1.54) is 0 Å². The molecule has 0 aromatic rings. The van der Waals surface area contributed by atoms with Crippen molar-refractivity contribution in [2.75, 3.05) is 6.61 Å². The van der Waals surface area contributed by atoms with Gasteiger partial charge in [0.05, 0.1) is 12.2 Å². The van der Waals surface area contributed by atoms with Gasteiger partial charge in [-0.25, -0.2) is 0 Å². The lowest BCUT2D eigenvalue weighted by atomic mass is 10.3. The Balaban J connectivity index is 2.76. The van der Waals surface area contributed by atoms with Crippen molar-refractivity contribution in [1.82, 2.24) is 0 Å². The van der Waals surface area contributed by atoms with Gasteiger partial charge >= 0.3 is 7.60 Å². The molecule has 0 bridgehead atoms. The van der Waals surface area contributed by atoms with E-state index < -0.39 is 13.4 Å². The van der Waals surface area contributed by atoms with Gasteiger partial charge in [-0.3, -0.25) is 4.57 Å². The van der Waals surface area contributed by atoms with E-state index in [2.05, 4.69) is 0 Å². The van der Waals surface area contributed by atoms with Gasteiger partial charge in [0.25, 0.3) is 0 Å². The monoisotopic (exact) mass is 219 g/mol. The van der Waals surface area contributed by atoms with Crippen LogP contribution in [0, 0.1) is 11.3 Å². The van der Waals surface area contributed by atoms with Crippen molar-refractivity contribution in [3.8, 4) is 6.07 Å². The summed E-state index contributed by atoms with van der Waals surface area (Å²) in [4.78, 5) is 0. The van der Waals surface area contributed by atoms with E-state index in [0.29, 0.717) is 6.61 Å². The number of hydrogen-bond acceptors (Lipinski definition) is 5. The maximum absolute atomic E-state index is 12.0. The topological polar surface area (TPSA) is 68.5 Å². The van der Waals surface area contributed by atoms with Gasteiger partial charge in [-0.1, -0.05) is 0 Å². The van der Waals surface area contributed by atoms with E-state index in [1.54, 1.807) is 26.8 Å². The second-order valence-corrected chi connectivity index (χ2v) is 5.07. The maximum Gasteiger partial charge on any atom is 0.374 e. The standard InChI is InChI=1S/C8H14NO4P/c1-4-11-8(5-9)14(10)12-6(2)7(3)13-14/h6-8H,4H2,1-3H3. The van der Waals surface area contributed by atoms with Crippen LogP contribution in [0.1, 0.15) is 20.8 Å². The summed E-state index contributed by atoms with van der Waals surface area (Å²) >= 11 is 0. The van der Waals surface area contributed by atoms with Gasteiger partial charge in [0.15, 0.2) is 0 Å². The molecule has 0 aromatic carbocycles. The molecule has 1 saturated heterocycles. The fourth-order valence-corrected chi connectivity index (χ4v) is 3.14. The lowest BCUT2D eigenvalue weighted by Crippen LogP contribution is -2.13. The smallest absolute Gasteiger partial charge is 0.352 e. The summed E-state index contributed by atoms with van der Waals surface area (Å²) in [5.41, 5.74) is 0. The van der Waals surface area contributed by atoms with Crippen LogP contribution in [0.4, 0.5) is 0 Å². The average molecular weight is 219 g/mol. The lowest BCUT2D eigenvalue weighted by molar-refractivity contribution is 0.125. The first kappa shape index (κ1) is 11.7. The maximum atomic E-state index is 12.0. The predicted molar refractivity (Wildman–Crippen MR) is 49.7 cm³/mol. The molecular formula is C8H14NO4P. The van der Waals surface area contributed by atoms with Crippen LogP contribution < -0.4 is 0 Å². The fraction of sp³-hybridized carbons (Fsp3) is 0.875. The molecule has 5 nitrogen and oxygen atoms in total. The van der Waals surface area contributed by atoms with Gasteiger partial charge < -0.3 is 13.8 Å². The Morgan fingerprint density at radius 3 is 2.36 bits per heavy atom.